The van der Waals surface area contributed by atoms with Gasteiger partial charge >= 0.3 is 11.7 Å². The van der Waals surface area contributed by atoms with Crippen molar-refractivity contribution in [3.05, 3.63) is 81.3 Å². The number of hydrogen-bond donors (Lipinski definition) is 2. The van der Waals surface area contributed by atoms with Gasteiger partial charge in [-0.15, -0.1) is 0 Å². The zero-order valence-electron chi connectivity index (χ0n) is 20.4. The van der Waals surface area contributed by atoms with Gasteiger partial charge in [-0.25, -0.2) is 9.59 Å². The van der Waals surface area contributed by atoms with E-state index in [1.54, 1.807) is 47.0 Å². The minimum Gasteiger partial charge on any atom is -0.383 e. The topological polar surface area (TPSA) is 121 Å². The molecular weight excluding hydrogens is 464 g/mol. The summed E-state index contributed by atoms with van der Waals surface area (Å²) in [5, 5.41) is 5.69. The number of anilines is 2. The molecule has 192 valence electrons. The summed E-state index contributed by atoms with van der Waals surface area (Å²) in [6.45, 7) is 2.67. The summed E-state index contributed by atoms with van der Waals surface area (Å²) in [4.78, 5) is 50.5. The molecule has 0 fully saturated rings. The maximum Gasteiger partial charge on any atom is 0.331 e. The van der Waals surface area contributed by atoms with Crippen LogP contribution in [0.2, 0.25) is 0 Å². The molecule has 0 saturated heterocycles. The molecule has 2 aromatic carbocycles. The maximum absolute atomic E-state index is 13.2. The Balaban J connectivity index is 0.00000253. The van der Waals surface area contributed by atoms with Crippen LogP contribution < -0.4 is 21.9 Å². The Morgan fingerprint density at radius 2 is 1.69 bits per heavy atom. The first kappa shape index (κ1) is 24.7. The molecule has 0 radical (unpaired) electrons. The van der Waals surface area contributed by atoms with Crippen molar-refractivity contribution in [1.82, 2.24) is 18.5 Å². The fourth-order valence-corrected chi connectivity index (χ4v) is 3.94. The maximum atomic E-state index is 13.2. The zero-order chi connectivity index (χ0) is 25.8. The number of Topliss-reactive ketones (excluding diaryl/α,β-unsaturated/α-hetero) is 1. The van der Waals surface area contributed by atoms with Gasteiger partial charge in [-0.05, 0) is 37.3 Å². The number of hydrogen-bond acceptors (Lipinski definition) is 5. The molecule has 11 nitrogen and oxygen atoms in total. The molecule has 0 aliphatic rings. The van der Waals surface area contributed by atoms with Crippen molar-refractivity contribution in [3.8, 4) is 0 Å². The lowest BCUT2D eigenvalue weighted by molar-refractivity contribution is 0.101. The number of ether oxygens (including phenoxy) is 1. The van der Waals surface area contributed by atoms with Gasteiger partial charge in [-0.3, -0.25) is 28.1 Å². The average Bonchev–Trinajstić information content (AvgIpc) is 2.85. The Labute approximate surface area is 209 Å². The third-order valence-corrected chi connectivity index (χ3v) is 5.94. The number of fused-ring (bicyclic) bond motifs is 1. The summed E-state index contributed by atoms with van der Waals surface area (Å²) < 4.78 is 11.6. The van der Waals surface area contributed by atoms with Crippen molar-refractivity contribution in [2.24, 2.45) is 7.05 Å². The number of rotatable bonds is 9. The van der Waals surface area contributed by atoms with Crippen molar-refractivity contribution >= 4 is 34.1 Å². The first-order valence-electron chi connectivity index (χ1n) is 11.4. The molecule has 0 unspecified atom stereocenters. The van der Waals surface area contributed by atoms with E-state index in [0.717, 1.165) is 4.57 Å². The third-order valence-electron chi connectivity index (χ3n) is 5.94. The molecule has 0 aliphatic heterocycles. The molecule has 2 heterocycles. The highest BCUT2D eigenvalue weighted by Gasteiger charge is 2.15. The third kappa shape index (κ3) is 5.15. The standard InChI is InChI=1S/C25H28N6O5.2H2/c1-17(32)18-5-4-6-19(15-18)26-24(34)27-20-7-8-22-21(16-20)23(33)31(13-14-36-3)25(35)30(22)12-11-29-10-9-28(29)2;;/h4-10,15-16H,11-14H2,1-3H3,(H2,26,27,34);2*1H. The lowest BCUT2D eigenvalue weighted by atomic mass is 10.1. The molecule has 36 heavy (non-hydrogen) atoms. The van der Waals surface area contributed by atoms with E-state index < -0.39 is 17.3 Å². The highest BCUT2D eigenvalue weighted by molar-refractivity contribution is 6.02. The summed E-state index contributed by atoms with van der Waals surface area (Å²) in [5.41, 5.74) is 0.928. The Morgan fingerprint density at radius 3 is 2.33 bits per heavy atom. The van der Waals surface area contributed by atoms with Gasteiger partial charge in [-0.1, -0.05) is 12.1 Å². The van der Waals surface area contributed by atoms with Crippen molar-refractivity contribution in [2.45, 2.75) is 26.6 Å². The second-order valence-electron chi connectivity index (χ2n) is 8.37. The zero-order valence-corrected chi connectivity index (χ0v) is 20.4. The molecular formula is C25H32N6O5. The number of aromatic nitrogens is 4. The van der Waals surface area contributed by atoms with Gasteiger partial charge < -0.3 is 15.4 Å². The lowest BCUT2D eigenvalue weighted by Gasteiger charge is -2.19. The Bertz CT molecular complexity index is 1550. The van der Waals surface area contributed by atoms with Gasteiger partial charge in [0.05, 0.1) is 30.6 Å². The highest BCUT2D eigenvalue weighted by atomic mass is 16.5. The summed E-state index contributed by atoms with van der Waals surface area (Å²) >= 11 is 0. The Hall–Kier alpha value is -4.38. The van der Waals surface area contributed by atoms with Crippen molar-refractivity contribution in [3.63, 3.8) is 0 Å². The van der Waals surface area contributed by atoms with Crippen LogP contribution in [0.5, 0.6) is 0 Å². The van der Waals surface area contributed by atoms with Crippen LogP contribution in [0.1, 0.15) is 20.1 Å². The molecule has 0 spiro atoms. The van der Waals surface area contributed by atoms with Crippen LogP contribution in [0.3, 0.4) is 0 Å². The summed E-state index contributed by atoms with van der Waals surface area (Å²) in [7, 11) is 3.41. The van der Waals surface area contributed by atoms with Gasteiger partial charge in [0.2, 0.25) is 0 Å². The molecule has 2 aromatic heterocycles. The SMILES string of the molecule is COCCn1c(=O)c2cc(NC(=O)Nc3cccc(C(C)=O)c3)ccc2n(CCn2ccn2C)c1=O.[HH].[HH]. The number of aryl methyl sites for hydroxylation is 3. The first-order valence-corrected chi connectivity index (χ1v) is 11.4. The normalized spacial score (nSPS) is 11.1. The van der Waals surface area contributed by atoms with E-state index in [-0.39, 0.29) is 21.8 Å². The fourth-order valence-electron chi connectivity index (χ4n) is 3.94. The minimum atomic E-state index is -0.532. The highest BCUT2D eigenvalue weighted by Crippen LogP contribution is 2.17. The predicted octanol–water partition coefficient (Wildman–Crippen LogP) is 2.99. The average molecular weight is 497 g/mol. The number of ketones is 1. The van der Waals surface area contributed by atoms with Crippen LogP contribution in [0.15, 0.2) is 64.4 Å². The summed E-state index contributed by atoms with van der Waals surface area (Å²) in [6.07, 6.45) is 3.81. The molecule has 2 amide bonds. The number of nitrogens with zero attached hydrogens (tertiary/aromatic N) is 4. The van der Waals surface area contributed by atoms with Crippen molar-refractivity contribution in [2.75, 3.05) is 24.4 Å². The second kappa shape index (κ2) is 10.5. The molecule has 4 aromatic rings. The van der Waals surface area contributed by atoms with E-state index in [0.29, 0.717) is 40.9 Å². The van der Waals surface area contributed by atoms with E-state index in [2.05, 4.69) is 10.6 Å². The number of amides is 2. The van der Waals surface area contributed by atoms with Gasteiger partial charge in [-0.2, -0.15) is 0 Å². The monoisotopic (exact) mass is 496 g/mol. The summed E-state index contributed by atoms with van der Waals surface area (Å²) in [5.74, 6) is -0.110. The van der Waals surface area contributed by atoms with E-state index in [9.17, 15) is 19.2 Å². The van der Waals surface area contributed by atoms with Gasteiger partial charge in [0.25, 0.3) is 5.56 Å². The molecule has 0 aliphatic carbocycles. The second-order valence-corrected chi connectivity index (χ2v) is 8.37. The quantitative estimate of drug-likeness (QED) is 0.345. The van der Waals surface area contributed by atoms with E-state index in [1.165, 1.54) is 14.0 Å². The van der Waals surface area contributed by atoms with Gasteiger partial charge in [0.1, 0.15) is 0 Å². The van der Waals surface area contributed by atoms with Gasteiger partial charge in [0, 0.05) is 52.9 Å². The van der Waals surface area contributed by atoms with Crippen LogP contribution in [0.4, 0.5) is 16.2 Å². The van der Waals surface area contributed by atoms with Crippen molar-refractivity contribution in [1.29, 1.82) is 0 Å². The summed E-state index contributed by atoms with van der Waals surface area (Å²) in [6, 6.07) is 10.9. The van der Waals surface area contributed by atoms with E-state index in [1.807, 2.05) is 28.8 Å². The van der Waals surface area contributed by atoms with Gasteiger partial charge in [0.15, 0.2) is 5.78 Å². The molecule has 4 rings (SSSR count). The fraction of sp³-hybridized carbons (Fsp3) is 0.280. The molecule has 0 atom stereocenters. The molecule has 0 bridgehead atoms. The molecule has 2 N–H and O–H groups in total. The van der Waals surface area contributed by atoms with Crippen LogP contribution in [0.25, 0.3) is 10.9 Å². The van der Waals surface area contributed by atoms with E-state index >= 15 is 0 Å². The predicted molar refractivity (Wildman–Crippen MR) is 141 cm³/mol. The number of carbonyl (C=O) groups is 2. The van der Waals surface area contributed by atoms with Crippen LogP contribution in [-0.2, 0) is 31.4 Å². The van der Waals surface area contributed by atoms with E-state index in [4.69, 9.17) is 4.74 Å². The molecule has 11 heteroatoms. The Morgan fingerprint density at radius 1 is 0.944 bits per heavy atom. The number of urea groups is 1. The smallest absolute Gasteiger partial charge is 0.331 e. The minimum absolute atomic E-state index is 0. The number of nitrogens with one attached hydrogen (secondary N) is 2. The van der Waals surface area contributed by atoms with Crippen molar-refractivity contribution < 1.29 is 17.2 Å². The van der Waals surface area contributed by atoms with Crippen LogP contribution >= 0.6 is 0 Å². The van der Waals surface area contributed by atoms with Crippen LogP contribution in [-0.4, -0.2) is 44.0 Å². The number of benzene rings is 2. The Kier molecular flexibility index (Phi) is 7.20. The number of carbonyl (C=O) groups excluding carboxylic acids is 2. The number of methoxy groups -OCH3 is 1. The largest absolute Gasteiger partial charge is 0.383 e. The molecule has 0 saturated carbocycles. The first-order chi connectivity index (χ1) is 17.3. The lowest BCUT2D eigenvalue weighted by Crippen LogP contribution is -2.41. The van der Waals surface area contributed by atoms with Crippen LogP contribution in [0, 0.1) is 0 Å².